The van der Waals surface area contributed by atoms with Crippen LogP contribution in [0.4, 0.5) is 0 Å². The van der Waals surface area contributed by atoms with Crippen LogP contribution in [0.25, 0.3) is 0 Å². The fourth-order valence-corrected chi connectivity index (χ4v) is 1.78. The van der Waals surface area contributed by atoms with Crippen LogP contribution in [0.5, 0.6) is 5.75 Å². The van der Waals surface area contributed by atoms with E-state index < -0.39 is 0 Å². The molecular weight excluding hydrogens is 212 g/mol. The highest BCUT2D eigenvalue weighted by molar-refractivity contribution is 9.10. The van der Waals surface area contributed by atoms with E-state index in [9.17, 15) is 5.11 Å². The van der Waals surface area contributed by atoms with Gasteiger partial charge in [-0.25, -0.2) is 0 Å². The average Bonchev–Trinajstić information content (AvgIpc) is 1.82. The molecule has 0 aliphatic heterocycles. The number of phenolic OH excluding ortho intramolecular Hbond substituents is 1. The lowest BCUT2D eigenvalue weighted by molar-refractivity contribution is 0.467. The molecular formula is C7H7BrOS. The first kappa shape index (κ1) is 7.95. The Morgan fingerprint density at radius 2 is 2.10 bits per heavy atom. The third kappa shape index (κ3) is 1.47. The number of phenols is 1. The molecule has 0 bridgehead atoms. The van der Waals surface area contributed by atoms with E-state index in [1.807, 2.05) is 13.0 Å². The third-order valence-electron chi connectivity index (χ3n) is 1.24. The maximum atomic E-state index is 9.25. The van der Waals surface area contributed by atoms with Crippen LogP contribution in [-0.4, -0.2) is 5.11 Å². The topological polar surface area (TPSA) is 20.2 Å². The number of halogens is 1. The van der Waals surface area contributed by atoms with Crippen molar-refractivity contribution in [2.45, 2.75) is 11.8 Å². The summed E-state index contributed by atoms with van der Waals surface area (Å²) in [5.41, 5.74) is 0.833. The summed E-state index contributed by atoms with van der Waals surface area (Å²) in [6, 6.07) is 3.56. The summed E-state index contributed by atoms with van der Waals surface area (Å²) in [5.74, 6) is 0.290. The molecule has 0 radical (unpaired) electrons. The maximum absolute atomic E-state index is 9.25. The summed E-state index contributed by atoms with van der Waals surface area (Å²) < 4.78 is 0.692. The number of benzene rings is 1. The number of hydrogen-bond acceptors (Lipinski definition) is 2. The summed E-state index contributed by atoms with van der Waals surface area (Å²) in [6.07, 6.45) is 0. The highest BCUT2D eigenvalue weighted by atomic mass is 79.9. The molecule has 0 unspecified atom stereocenters. The van der Waals surface area contributed by atoms with Crippen molar-refractivity contribution < 1.29 is 5.11 Å². The Morgan fingerprint density at radius 3 is 2.60 bits per heavy atom. The predicted molar refractivity (Wildman–Crippen MR) is 47.8 cm³/mol. The molecule has 0 saturated heterocycles. The predicted octanol–water partition coefficient (Wildman–Crippen LogP) is 2.75. The number of aromatic hydroxyl groups is 1. The molecule has 0 atom stereocenters. The van der Waals surface area contributed by atoms with E-state index in [1.165, 1.54) is 0 Å². The van der Waals surface area contributed by atoms with Crippen molar-refractivity contribution in [1.29, 1.82) is 0 Å². The second kappa shape index (κ2) is 2.84. The minimum atomic E-state index is 0.290. The summed E-state index contributed by atoms with van der Waals surface area (Å²) in [6.45, 7) is 1.83. The normalized spacial score (nSPS) is 9.90. The highest BCUT2D eigenvalue weighted by Crippen LogP contribution is 2.29. The van der Waals surface area contributed by atoms with Crippen molar-refractivity contribution in [3.63, 3.8) is 0 Å². The lowest BCUT2D eigenvalue weighted by Gasteiger charge is -2.01. The average molecular weight is 219 g/mol. The van der Waals surface area contributed by atoms with Crippen LogP contribution in [-0.2, 0) is 0 Å². The Bertz CT molecular complexity index is 237. The van der Waals surface area contributed by atoms with Crippen LogP contribution < -0.4 is 0 Å². The van der Waals surface area contributed by atoms with Crippen LogP contribution >= 0.6 is 28.6 Å². The van der Waals surface area contributed by atoms with E-state index in [-0.39, 0.29) is 5.75 Å². The van der Waals surface area contributed by atoms with Gasteiger partial charge < -0.3 is 5.11 Å². The first-order chi connectivity index (χ1) is 4.61. The molecule has 0 fully saturated rings. The fourth-order valence-electron chi connectivity index (χ4n) is 0.718. The van der Waals surface area contributed by atoms with Gasteiger partial charge in [0.25, 0.3) is 0 Å². The monoisotopic (exact) mass is 218 g/mol. The molecule has 10 heavy (non-hydrogen) atoms. The number of aryl methyl sites for hydroxylation is 1. The molecule has 0 aromatic heterocycles. The van der Waals surface area contributed by atoms with E-state index in [4.69, 9.17) is 0 Å². The van der Waals surface area contributed by atoms with Gasteiger partial charge in [-0.3, -0.25) is 0 Å². The highest BCUT2D eigenvalue weighted by Gasteiger charge is 2.00. The Hall–Kier alpha value is -0.150. The number of thiol groups is 1. The maximum Gasteiger partial charge on any atom is 0.132 e. The Morgan fingerprint density at radius 1 is 1.50 bits per heavy atom. The Labute approximate surface area is 73.6 Å². The molecule has 1 rings (SSSR count). The third-order valence-corrected chi connectivity index (χ3v) is 2.10. The van der Waals surface area contributed by atoms with Crippen molar-refractivity contribution in [3.05, 3.63) is 22.2 Å². The van der Waals surface area contributed by atoms with E-state index in [1.54, 1.807) is 6.07 Å². The lowest BCUT2D eigenvalue weighted by atomic mass is 10.2. The Kier molecular flexibility index (Phi) is 2.26. The molecule has 1 nitrogen and oxygen atoms in total. The van der Waals surface area contributed by atoms with Gasteiger partial charge in [0.05, 0.1) is 4.47 Å². The summed E-state index contributed by atoms with van der Waals surface area (Å²) in [5, 5.41) is 9.25. The van der Waals surface area contributed by atoms with Crippen molar-refractivity contribution in [2.75, 3.05) is 0 Å². The van der Waals surface area contributed by atoms with Gasteiger partial charge in [-0.15, -0.1) is 12.6 Å². The second-order valence-electron chi connectivity index (χ2n) is 2.09. The van der Waals surface area contributed by atoms with Gasteiger partial charge in [-0.2, -0.15) is 0 Å². The quantitative estimate of drug-likeness (QED) is 0.643. The standard InChI is InChI=1S/C7H7BrOS/c1-4-2-5(10)3-6(8)7(4)9/h2-3,9-10H,1H3. The molecule has 1 N–H and O–H groups in total. The van der Waals surface area contributed by atoms with Crippen molar-refractivity contribution in [3.8, 4) is 5.75 Å². The molecule has 0 amide bonds. The van der Waals surface area contributed by atoms with Crippen LogP contribution in [0.2, 0.25) is 0 Å². The zero-order valence-electron chi connectivity index (χ0n) is 5.43. The SMILES string of the molecule is Cc1cc(S)cc(Br)c1O. The van der Waals surface area contributed by atoms with Crippen molar-refractivity contribution in [1.82, 2.24) is 0 Å². The molecule has 1 aromatic rings. The van der Waals surface area contributed by atoms with Crippen LogP contribution in [0.3, 0.4) is 0 Å². The van der Waals surface area contributed by atoms with Gasteiger partial charge in [0, 0.05) is 4.90 Å². The van der Waals surface area contributed by atoms with Gasteiger partial charge in [0.1, 0.15) is 5.75 Å². The molecule has 1 aromatic carbocycles. The fraction of sp³-hybridized carbons (Fsp3) is 0.143. The lowest BCUT2D eigenvalue weighted by Crippen LogP contribution is -1.76. The van der Waals surface area contributed by atoms with Crippen molar-refractivity contribution in [2.24, 2.45) is 0 Å². The molecule has 54 valence electrons. The smallest absolute Gasteiger partial charge is 0.132 e. The van der Waals surface area contributed by atoms with Gasteiger partial charge >= 0.3 is 0 Å². The van der Waals surface area contributed by atoms with Gasteiger partial charge in [0.15, 0.2) is 0 Å². The molecule has 3 heteroatoms. The van der Waals surface area contributed by atoms with Gasteiger partial charge in [-0.1, -0.05) is 0 Å². The van der Waals surface area contributed by atoms with Crippen LogP contribution in [0.1, 0.15) is 5.56 Å². The molecule has 0 saturated carbocycles. The summed E-state index contributed by atoms with van der Waals surface area (Å²) >= 11 is 7.33. The summed E-state index contributed by atoms with van der Waals surface area (Å²) in [4.78, 5) is 0.849. The molecule has 0 aliphatic rings. The van der Waals surface area contributed by atoms with Gasteiger partial charge in [0.2, 0.25) is 0 Å². The van der Waals surface area contributed by atoms with Crippen LogP contribution in [0.15, 0.2) is 21.5 Å². The van der Waals surface area contributed by atoms with E-state index >= 15 is 0 Å². The van der Waals surface area contributed by atoms with Crippen molar-refractivity contribution >= 4 is 28.6 Å². The molecule has 0 aliphatic carbocycles. The van der Waals surface area contributed by atoms with Gasteiger partial charge in [-0.05, 0) is 40.5 Å². The molecule has 0 heterocycles. The van der Waals surface area contributed by atoms with E-state index in [2.05, 4.69) is 28.6 Å². The summed E-state index contributed by atoms with van der Waals surface area (Å²) in [7, 11) is 0. The number of hydrogen-bond donors (Lipinski definition) is 2. The second-order valence-corrected chi connectivity index (χ2v) is 3.46. The first-order valence-corrected chi connectivity index (χ1v) is 4.03. The zero-order valence-corrected chi connectivity index (χ0v) is 7.91. The zero-order chi connectivity index (χ0) is 7.72. The van der Waals surface area contributed by atoms with E-state index in [0.717, 1.165) is 10.5 Å². The largest absolute Gasteiger partial charge is 0.506 e. The minimum absolute atomic E-state index is 0.290. The first-order valence-electron chi connectivity index (χ1n) is 2.79. The molecule has 0 spiro atoms. The van der Waals surface area contributed by atoms with Crippen LogP contribution in [0, 0.1) is 6.92 Å². The minimum Gasteiger partial charge on any atom is -0.506 e. The number of rotatable bonds is 0. The van der Waals surface area contributed by atoms with E-state index in [0.29, 0.717) is 4.47 Å². The Balaban J connectivity index is 3.31.